The molecule has 0 saturated carbocycles. The Kier molecular flexibility index (Phi) is 3.45. The molecule has 2 aliphatic rings. The number of likely N-dealkylation sites (tertiary alicyclic amines) is 1. The molecule has 20 heavy (non-hydrogen) atoms. The van der Waals surface area contributed by atoms with Crippen LogP contribution < -0.4 is 5.32 Å². The molecule has 6 nitrogen and oxygen atoms in total. The van der Waals surface area contributed by atoms with E-state index in [2.05, 4.69) is 5.32 Å². The van der Waals surface area contributed by atoms with Crippen molar-refractivity contribution in [3.63, 3.8) is 0 Å². The average Bonchev–Trinajstić information content (AvgIpc) is 2.85. The van der Waals surface area contributed by atoms with Crippen LogP contribution in [0.15, 0.2) is 30.3 Å². The number of hydrogen-bond donors (Lipinski definition) is 1. The Morgan fingerprint density at radius 3 is 3.00 bits per heavy atom. The molecule has 6 heteroatoms. The van der Waals surface area contributed by atoms with E-state index in [0.717, 1.165) is 5.56 Å². The lowest BCUT2D eigenvalue weighted by Crippen LogP contribution is -2.51. The first-order chi connectivity index (χ1) is 9.72. The van der Waals surface area contributed by atoms with Crippen LogP contribution in [0, 0.1) is 0 Å². The van der Waals surface area contributed by atoms with Gasteiger partial charge in [0.25, 0.3) is 0 Å². The fourth-order valence-electron chi connectivity index (χ4n) is 2.51. The predicted octanol–water partition coefficient (Wildman–Crippen LogP) is 1.51. The molecule has 1 aromatic carbocycles. The van der Waals surface area contributed by atoms with Crippen molar-refractivity contribution >= 4 is 12.2 Å². The van der Waals surface area contributed by atoms with Gasteiger partial charge in [-0.1, -0.05) is 30.3 Å². The van der Waals surface area contributed by atoms with E-state index < -0.39 is 6.09 Å². The maximum absolute atomic E-state index is 12.0. The van der Waals surface area contributed by atoms with Gasteiger partial charge in [0.2, 0.25) is 0 Å². The van der Waals surface area contributed by atoms with Crippen LogP contribution >= 0.6 is 0 Å². The Balaban J connectivity index is 1.52. The summed E-state index contributed by atoms with van der Waals surface area (Å²) in [5.41, 5.74) is 0.952. The Morgan fingerprint density at radius 1 is 1.40 bits per heavy atom. The minimum absolute atomic E-state index is 0.124. The zero-order valence-electron chi connectivity index (χ0n) is 11.0. The normalized spacial score (nSPS) is 24.6. The number of benzene rings is 1. The van der Waals surface area contributed by atoms with Crippen LogP contribution in [0.4, 0.5) is 9.59 Å². The largest absolute Gasteiger partial charge is 0.445 e. The van der Waals surface area contributed by atoms with Crippen molar-refractivity contribution in [1.29, 1.82) is 0 Å². The zero-order valence-corrected chi connectivity index (χ0v) is 11.0. The van der Waals surface area contributed by atoms with E-state index >= 15 is 0 Å². The molecule has 106 valence electrons. The second-order valence-electron chi connectivity index (χ2n) is 4.97. The molecular weight excluding hydrogens is 260 g/mol. The number of fused-ring (bicyclic) bond motifs is 1. The van der Waals surface area contributed by atoms with Crippen molar-refractivity contribution in [2.75, 3.05) is 13.1 Å². The Hall–Kier alpha value is -2.24. The number of amides is 2. The highest BCUT2D eigenvalue weighted by Gasteiger charge is 2.40. The minimum Gasteiger partial charge on any atom is -0.445 e. The number of carbonyl (C=O) groups is 2. The molecule has 2 atom stereocenters. The summed E-state index contributed by atoms with van der Waals surface area (Å²) in [7, 11) is 0. The minimum atomic E-state index is -0.403. The Bertz CT molecular complexity index is 505. The summed E-state index contributed by atoms with van der Waals surface area (Å²) >= 11 is 0. The monoisotopic (exact) mass is 276 g/mol. The van der Waals surface area contributed by atoms with Crippen molar-refractivity contribution < 1.29 is 19.1 Å². The second kappa shape index (κ2) is 5.40. The van der Waals surface area contributed by atoms with Crippen LogP contribution in [-0.4, -0.2) is 42.3 Å². The summed E-state index contributed by atoms with van der Waals surface area (Å²) < 4.78 is 10.4. The van der Waals surface area contributed by atoms with E-state index in [1.165, 1.54) is 0 Å². The maximum Gasteiger partial charge on any atom is 0.410 e. The molecule has 1 N–H and O–H groups in total. The van der Waals surface area contributed by atoms with E-state index in [9.17, 15) is 9.59 Å². The molecule has 0 spiro atoms. The van der Waals surface area contributed by atoms with Crippen LogP contribution in [-0.2, 0) is 16.1 Å². The molecule has 2 unspecified atom stereocenters. The van der Waals surface area contributed by atoms with Gasteiger partial charge in [-0.25, -0.2) is 9.59 Å². The number of hydrogen-bond acceptors (Lipinski definition) is 4. The van der Waals surface area contributed by atoms with Crippen molar-refractivity contribution in [2.45, 2.75) is 25.2 Å². The van der Waals surface area contributed by atoms with E-state index in [1.54, 1.807) is 4.90 Å². The fourth-order valence-corrected chi connectivity index (χ4v) is 2.51. The molecular formula is C14H16N2O4. The number of carbonyl (C=O) groups excluding carboxylic acids is 2. The van der Waals surface area contributed by atoms with Gasteiger partial charge >= 0.3 is 12.2 Å². The van der Waals surface area contributed by atoms with E-state index in [4.69, 9.17) is 9.47 Å². The highest BCUT2D eigenvalue weighted by molar-refractivity contribution is 5.71. The van der Waals surface area contributed by atoms with Gasteiger partial charge in [-0.3, -0.25) is 0 Å². The molecule has 2 saturated heterocycles. The van der Waals surface area contributed by atoms with Gasteiger partial charge in [-0.15, -0.1) is 0 Å². The lowest BCUT2D eigenvalue weighted by Gasteiger charge is -2.32. The number of piperidine rings is 1. The summed E-state index contributed by atoms with van der Waals surface area (Å²) in [5.74, 6) is 0. The highest BCUT2D eigenvalue weighted by atomic mass is 16.6. The first-order valence-corrected chi connectivity index (χ1v) is 6.65. The van der Waals surface area contributed by atoms with Crippen LogP contribution in [0.1, 0.15) is 12.0 Å². The fraction of sp³-hybridized carbons (Fsp3) is 0.429. The third-order valence-corrected chi connectivity index (χ3v) is 3.57. The molecule has 3 rings (SSSR count). The predicted molar refractivity (Wildman–Crippen MR) is 70.0 cm³/mol. The standard InChI is InChI=1S/C14H16N2O4/c17-13-15-11-8-16(7-6-12(11)20-13)14(18)19-9-10-4-2-1-3-5-10/h1-5,11-12H,6-9H2,(H,15,17). The van der Waals surface area contributed by atoms with Gasteiger partial charge in [-0.2, -0.15) is 0 Å². The number of nitrogens with zero attached hydrogens (tertiary/aromatic N) is 1. The quantitative estimate of drug-likeness (QED) is 0.889. The number of ether oxygens (including phenoxy) is 2. The van der Waals surface area contributed by atoms with Gasteiger partial charge in [0.05, 0.1) is 6.04 Å². The number of alkyl carbamates (subject to hydrolysis) is 1. The van der Waals surface area contributed by atoms with Crippen LogP contribution in [0.5, 0.6) is 0 Å². The van der Waals surface area contributed by atoms with Crippen molar-refractivity contribution in [3.05, 3.63) is 35.9 Å². The van der Waals surface area contributed by atoms with Crippen molar-refractivity contribution in [1.82, 2.24) is 10.2 Å². The number of rotatable bonds is 2. The SMILES string of the molecule is O=C1NC2CN(C(=O)OCc3ccccc3)CCC2O1. The third kappa shape index (κ3) is 2.68. The van der Waals surface area contributed by atoms with Gasteiger partial charge in [0.15, 0.2) is 0 Å². The van der Waals surface area contributed by atoms with Crippen molar-refractivity contribution in [3.8, 4) is 0 Å². The summed E-state index contributed by atoms with van der Waals surface area (Å²) in [5, 5.41) is 2.70. The first-order valence-electron chi connectivity index (χ1n) is 6.65. The summed E-state index contributed by atoms with van der Waals surface area (Å²) in [4.78, 5) is 24.7. The zero-order chi connectivity index (χ0) is 13.9. The number of nitrogens with one attached hydrogen (secondary N) is 1. The molecule has 1 aromatic rings. The molecule has 0 aliphatic carbocycles. The Labute approximate surface area is 116 Å². The van der Waals surface area contributed by atoms with Crippen molar-refractivity contribution in [2.24, 2.45) is 0 Å². The molecule has 2 aliphatic heterocycles. The molecule has 0 aromatic heterocycles. The highest BCUT2D eigenvalue weighted by Crippen LogP contribution is 2.20. The molecule has 0 radical (unpaired) electrons. The van der Waals surface area contributed by atoms with Gasteiger partial charge in [0.1, 0.15) is 12.7 Å². The average molecular weight is 276 g/mol. The first kappa shape index (κ1) is 12.8. The molecule has 0 bridgehead atoms. The summed E-state index contributed by atoms with van der Waals surface area (Å²) in [6.45, 7) is 1.24. The smallest absolute Gasteiger partial charge is 0.410 e. The third-order valence-electron chi connectivity index (χ3n) is 3.57. The Morgan fingerprint density at radius 2 is 2.20 bits per heavy atom. The lowest BCUT2D eigenvalue weighted by atomic mass is 10.0. The van der Waals surface area contributed by atoms with Crippen LogP contribution in [0.3, 0.4) is 0 Å². The van der Waals surface area contributed by atoms with Gasteiger partial charge < -0.3 is 19.7 Å². The van der Waals surface area contributed by atoms with Gasteiger partial charge in [0, 0.05) is 19.5 Å². The molecule has 2 heterocycles. The topological polar surface area (TPSA) is 67.9 Å². The molecule has 2 fully saturated rings. The second-order valence-corrected chi connectivity index (χ2v) is 4.97. The summed E-state index contributed by atoms with van der Waals surface area (Å²) in [6, 6.07) is 9.41. The maximum atomic E-state index is 12.0. The van der Waals surface area contributed by atoms with E-state index in [0.29, 0.717) is 19.5 Å². The summed E-state index contributed by atoms with van der Waals surface area (Å²) in [6.07, 6.45) is -0.238. The van der Waals surface area contributed by atoms with Gasteiger partial charge in [-0.05, 0) is 5.56 Å². The van der Waals surface area contributed by atoms with Crippen LogP contribution in [0.2, 0.25) is 0 Å². The van der Waals surface area contributed by atoms with E-state index in [-0.39, 0.29) is 24.8 Å². The van der Waals surface area contributed by atoms with E-state index in [1.807, 2.05) is 30.3 Å². The van der Waals surface area contributed by atoms with Crippen LogP contribution in [0.25, 0.3) is 0 Å². The lowest BCUT2D eigenvalue weighted by molar-refractivity contribution is 0.0567. The molecule has 2 amide bonds.